The standard InChI is InChI=1S/C9H8N2O4/c1-2-6-4-3-5-7(10-6)11(8(12)13)9(14)15/h2-5H,1H2,(H,12,13)(H,14,15). The van der Waals surface area contributed by atoms with E-state index in [1.807, 2.05) is 0 Å². The van der Waals surface area contributed by atoms with E-state index < -0.39 is 12.2 Å². The topological polar surface area (TPSA) is 90.7 Å². The summed E-state index contributed by atoms with van der Waals surface area (Å²) in [6, 6.07) is 4.37. The lowest BCUT2D eigenvalue weighted by Crippen LogP contribution is -2.35. The van der Waals surface area contributed by atoms with Gasteiger partial charge in [0.05, 0.1) is 5.69 Å². The molecule has 0 atom stereocenters. The van der Waals surface area contributed by atoms with Crippen LogP contribution in [-0.4, -0.2) is 27.4 Å². The number of rotatable bonds is 2. The molecular weight excluding hydrogens is 200 g/mol. The Morgan fingerprint density at radius 1 is 1.33 bits per heavy atom. The van der Waals surface area contributed by atoms with Crippen LogP contribution < -0.4 is 4.90 Å². The molecule has 1 heterocycles. The number of carbonyl (C=O) groups is 2. The number of pyridine rings is 1. The Kier molecular flexibility index (Phi) is 3.02. The maximum absolute atomic E-state index is 10.6. The zero-order valence-corrected chi connectivity index (χ0v) is 7.62. The van der Waals surface area contributed by atoms with Crippen molar-refractivity contribution in [3.8, 4) is 0 Å². The van der Waals surface area contributed by atoms with E-state index in [0.29, 0.717) is 5.69 Å². The van der Waals surface area contributed by atoms with E-state index in [2.05, 4.69) is 11.6 Å². The van der Waals surface area contributed by atoms with Crippen molar-refractivity contribution in [1.29, 1.82) is 0 Å². The van der Waals surface area contributed by atoms with E-state index in [9.17, 15) is 9.59 Å². The summed E-state index contributed by atoms with van der Waals surface area (Å²) in [4.78, 5) is 25.2. The Labute approximate surface area is 85.1 Å². The highest BCUT2D eigenvalue weighted by molar-refractivity contribution is 6.06. The first-order valence-electron chi connectivity index (χ1n) is 3.91. The SMILES string of the molecule is C=Cc1cccc(N(C(=O)O)C(=O)O)n1. The van der Waals surface area contributed by atoms with Crippen LogP contribution in [0.15, 0.2) is 24.8 Å². The summed E-state index contributed by atoms with van der Waals surface area (Å²) in [7, 11) is 0. The Balaban J connectivity index is 3.16. The van der Waals surface area contributed by atoms with Gasteiger partial charge < -0.3 is 10.2 Å². The van der Waals surface area contributed by atoms with Gasteiger partial charge in [-0.2, -0.15) is 4.90 Å². The molecule has 0 saturated heterocycles. The highest BCUT2D eigenvalue weighted by Gasteiger charge is 2.23. The van der Waals surface area contributed by atoms with Gasteiger partial charge in [-0.15, -0.1) is 0 Å². The van der Waals surface area contributed by atoms with Gasteiger partial charge in [0.25, 0.3) is 0 Å². The van der Waals surface area contributed by atoms with Crippen LogP contribution in [0, 0.1) is 0 Å². The molecule has 0 aromatic carbocycles. The fraction of sp³-hybridized carbons (Fsp3) is 0. The predicted molar refractivity (Wildman–Crippen MR) is 52.9 cm³/mol. The first kappa shape index (κ1) is 10.7. The quantitative estimate of drug-likeness (QED) is 0.774. The second-order valence-electron chi connectivity index (χ2n) is 2.53. The van der Waals surface area contributed by atoms with E-state index in [1.54, 1.807) is 6.07 Å². The van der Waals surface area contributed by atoms with Gasteiger partial charge in [-0.1, -0.05) is 12.6 Å². The van der Waals surface area contributed by atoms with E-state index in [4.69, 9.17) is 10.2 Å². The number of amides is 2. The fourth-order valence-corrected chi connectivity index (χ4v) is 0.956. The number of nitrogens with zero attached hydrogens (tertiary/aromatic N) is 2. The van der Waals surface area contributed by atoms with Crippen LogP contribution in [0.2, 0.25) is 0 Å². The van der Waals surface area contributed by atoms with Gasteiger partial charge in [0, 0.05) is 0 Å². The van der Waals surface area contributed by atoms with Crippen LogP contribution in [0.25, 0.3) is 6.08 Å². The average molecular weight is 208 g/mol. The summed E-state index contributed by atoms with van der Waals surface area (Å²) in [5.41, 5.74) is 0.403. The Morgan fingerprint density at radius 3 is 2.40 bits per heavy atom. The Morgan fingerprint density at radius 2 is 1.93 bits per heavy atom. The first-order valence-corrected chi connectivity index (χ1v) is 3.91. The van der Waals surface area contributed by atoms with Crippen LogP contribution in [0.5, 0.6) is 0 Å². The number of anilines is 1. The molecule has 0 spiro atoms. The lowest BCUT2D eigenvalue weighted by molar-refractivity contribution is 0.184. The minimum Gasteiger partial charge on any atom is -0.464 e. The molecule has 0 bridgehead atoms. The maximum Gasteiger partial charge on any atom is 0.422 e. The van der Waals surface area contributed by atoms with Gasteiger partial charge >= 0.3 is 12.2 Å². The summed E-state index contributed by atoms with van der Waals surface area (Å²) >= 11 is 0. The molecule has 1 aromatic rings. The second kappa shape index (κ2) is 4.23. The second-order valence-corrected chi connectivity index (χ2v) is 2.53. The summed E-state index contributed by atoms with van der Waals surface area (Å²) in [6.07, 6.45) is -1.81. The van der Waals surface area contributed by atoms with Crippen molar-refractivity contribution < 1.29 is 19.8 Å². The molecule has 1 rings (SSSR count). The number of carboxylic acid groups (broad SMARTS) is 2. The number of imide groups is 1. The zero-order chi connectivity index (χ0) is 11.4. The fourth-order valence-electron chi connectivity index (χ4n) is 0.956. The van der Waals surface area contributed by atoms with Crippen LogP contribution in [0.1, 0.15) is 5.69 Å². The van der Waals surface area contributed by atoms with Crippen molar-refractivity contribution >= 4 is 24.1 Å². The molecule has 78 valence electrons. The monoisotopic (exact) mass is 208 g/mol. The maximum atomic E-state index is 10.6. The van der Waals surface area contributed by atoms with Gasteiger partial charge in [0.15, 0.2) is 0 Å². The average Bonchev–Trinajstić information content (AvgIpc) is 2.17. The molecule has 0 radical (unpaired) electrons. The third-order valence-corrected chi connectivity index (χ3v) is 1.58. The Hall–Kier alpha value is -2.37. The third-order valence-electron chi connectivity index (χ3n) is 1.58. The van der Waals surface area contributed by atoms with Crippen molar-refractivity contribution in [2.75, 3.05) is 4.90 Å². The minimum atomic E-state index is -1.60. The van der Waals surface area contributed by atoms with Crippen molar-refractivity contribution in [2.24, 2.45) is 0 Å². The van der Waals surface area contributed by atoms with Gasteiger partial charge in [-0.3, -0.25) is 0 Å². The van der Waals surface area contributed by atoms with Crippen molar-refractivity contribution in [3.05, 3.63) is 30.5 Å². The van der Waals surface area contributed by atoms with E-state index >= 15 is 0 Å². The normalized spacial score (nSPS) is 9.33. The van der Waals surface area contributed by atoms with Gasteiger partial charge in [-0.25, -0.2) is 14.6 Å². The lowest BCUT2D eigenvalue weighted by Gasteiger charge is -2.12. The van der Waals surface area contributed by atoms with Gasteiger partial charge in [0.1, 0.15) is 5.82 Å². The first-order chi connectivity index (χ1) is 7.06. The van der Waals surface area contributed by atoms with Gasteiger partial charge in [-0.05, 0) is 18.2 Å². The number of hydrogen-bond donors (Lipinski definition) is 2. The highest BCUT2D eigenvalue weighted by Crippen LogP contribution is 2.12. The smallest absolute Gasteiger partial charge is 0.422 e. The number of aromatic nitrogens is 1. The van der Waals surface area contributed by atoms with Crippen molar-refractivity contribution in [2.45, 2.75) is 0 Å². The molecule has 6 heteroatoms. The Bertz CT molecular complexity index is 402. The van der Waals surface area contributed by atoms with E-state index in [-0.39, 0.29) is 10.7 Å². The molecule has 0 unspecified atom stereocenters. The molecule has 15 heavy (non-hydrogen) atoms. The van der Waals surface area contributed by atoms with Gasteiger partial charge in [0.2, 0.25) is 0 Å². The summed E-state index contributed by atoms with van der Waals surface area (Å²) in [6.45, 7) is 3.45. The third kappa shape index (κ3) is 2.31. The molecule has 2 N–H and O–H groups in total. The summed E-state index contributed by atoms with van der Waals surface area (Å²) in [5.74, 6) is -0.174. The molecule has 1 aromatic heterocycles. The summed E-state index contributed by atoms with van der Waals surface area (Å²) in [5, 5.41) is 17.3. The molecule has 2 amide bonds. The largest absolute Gasteiger partial charge is 0.464 e. The highest BCUT2D eigenvalue weighted by atomic mass is 16.4. The van der Waals surface area contributed by atoms with Crippen LogP contribution in [0.3, 0.4) is 0 Å². The molecule has 0 aliphatic heterocycles. The lowest BCUT2D eigenvalue weighted by atomic mass is 10.3. The molecule has 0 fully saturated rings. The molecule has 0 saturated carbocycles. The van der Waals surface area contributed by atoms with Crippen LogP contribution >= 0.6 is 0 Å². The molecule has 0 aliphatic carbocycles. The minimum absolute atomic E-state index is 0.132. The predicted octanol–water partition coefficient (Wildman–Crippen LogP) is 1.89. The zero-order valence-electron chi connectivity index (χ0n) is 7.62. The van der Waals surface area contributed by atoms with Crippen molar-refractivity contribution in [3.63, 3.8) is 0 Å². The van der Waals surface area contributed by atoms with E-state index in [1.165, 1.54) is 18.2 Å². The van der Waals surface area contributed by atoms with Crippen molar-refractivity contribution in [1.82, 2.24) is 4.98 Å². The summed E-state index contributed by atoms with van der Waals surface area (Å²) < 4.78 is 0. The molecular formula is C9H8N2O4. The van der Waals surface area contributed by atoms with E-state index in [0.717, 1.165) is 0 Å². The van der Waals surface area contributed by atoms with Crippen LogP contribution in [0.4, 0.5) is 15.4 Å². The molecule has 6 nitrogen and oxygen atoms in total. The van der Waals surface area contributed by atoms with Crippen LogP contribution in [-0.2, 0) is 0 Å². The molecule has 0 aliphatic rings. The number of hydrogen-bond acceptors (Lipinski definition) is 3.